The lowest BCUT2D eigenvalue weighted by molar-refractivity contribution is -0.193. The molecule has 2 amide bonds. The molecule has 0 saturated carbocycles. The highest BCUT2D eigenvalue weighted by atomic mass is 35.5. The van der Waals surface area contributed by atoms with Gasteiger partial charge in [-0.1, -0.05) is 6.07 Å². The number of carboxylic acids is 3. The van der Waals surface area contributed by atoms with Crippen LogP contribution in [0.2, 0.25) is 0 Å². The van der Waals surface area contributed by atoms with Crippen LogP contribution in [0.1, 0.15) is 31.0 Å². The van der Waals surface area contributed by atoms with E-state index in [1.165, 1.54) is 5.69 Å². The van der Waals surface area contributed by atoms with Gasteiger partial charge < -0.3 is 75.1 Å². The molecule has 4 aromatic carbocycles. The summed E-state index contributed by atoms with van der Waals surface area (Å²) in [6.45, 7) is 6.49. The number of hydrogen-bond donors (Lipinski definition) is 9. The molecule has 22 nitrogen and oxygen atoms in total. The van der Waals surface area contributed by atoms with E-state index in [9.17, 15) is 63.5 Å². The van der Waals surface area contributed by atoms with Gasteiger partial charge in [0.05, 0.1) is 35.2 Å². The van der Waals surface area contributed by atoms with Crippen LogP contribution >= 0.6 is 30.8 Å². The number of carbonyl (C=O) groups is 5. The fraction of sp³-hybridized carbons (Fsp3) is 0.423. The molecule has 1 unspecified atom stereocenters. The molecule has 1 fully saturated rings. The van der Waals surface area contributed by atoms with E-state index in [4.69, 9.17) is 67.4 Å². The van der Waals surface area contributed by atoms with Crippen LogP contribution in [-0.2, 0) is 28.5 Å². The number of ether oxygens (including phenoxy) is 2. The lowest BCUT2D eigenvalue weighted by atomic mass is 10.1. The number of rotatable bonds is 23. The van der Waals surface area contributed by atoms with Crippen molar-refractivity contribution < 1.29 is 103 Å². The lowest BCUT2D eigenvalue weighted by Gasteiger charge is -2.34. The first-order chi connectivity index (χ1) is 40.3. The zero-order chi connectivity index (χ0) is 64.0. The molecule has 0 spiro atoms. The van der Waals surface area contributed by atoms with Crippen LogP contribution in [0.3, 0.4) is 0 Å². The van der Waals surface area contributed by atoms with Crippen molar-refractivity contribution in [2.75, 3.05) is 118 Å². The topological polar surface area (TPSA) is 300 Å². The van der Waals surface area contributed by atoms with Crippen LogP contribution in [0, 0.1) is 0 Å². The number of likely N-dealkylation sites (N-methyl/N-ethyl adjacent to an activating group) is 1. The number of aromatic amines is 1. The number of anilines is 4. The summed E-state index contributed by atoms with van der Waals surface area (Å²) < 4.78 is 118. The number of nitrogens with zero attached hydrogens (tertiary/aromatic N) is 5. The Bertz CT molecular complexity index is 3000. The number of amides is 2. The number of benzene rings is 4. The molecule has 9 N–H and O–H groups in total. The van der Waals surface area contributed by atoms with E-state index in [-0.39, 0.29) is 44.1 Å². The summed E-state index contributed by atoms with van der Waals surface area (Å²) in [5, 5.41) is 31.5. The third kappa shape index (κ3) is 24.5. The Hall–Kier alpha value is -7.44. The maximum atomic E-state index is 13.0. The number of imidazole rings is 1. The number of halogens is 11. The third-order valence-electron chi connectivity index (χ3n) is 12.2. The molecule has 34 heteroatoms. The summed E-state index contributed by atoms with van der Waals surface area (Å²) >= 11 is 11.8. The average Bonchev–Trinajstić information content (AvgIpc) is 2.18. The van der Waals surface area contributed by atoms with E-state index in [2.05, 4.69) is 73.0 Å². The number of fused-ring (bicyclic) bond motifs is 2. The van der Waals surface area contributed by atoms with Gasteiger partial charge in [-0.15, -0.1) is 23.2 Å². The first-order valence-electron chi connectivity index (χ1n) is 25.7. The van der Waals surface area contributed by atoms with Gasteiger partial charge in [0.25, 0.3) is 5.91 Å². The number of hydrogen-bond acceptors (Lipinski definition) is 14. The first-order valence-corrected chi connectivity index (χ1v) is 28.6. The molecule has 0 bridgehead atoms. The maximum absolute atomic E-state index is 13.0. The smallest absolute Gasteiger partial charge is 0.490 e. The van der Waals surface area contributed by atoms with Crippen molar-refractivity contribution in [3.63, 3.8) is 0 Å². The van der Waals surface area contributed by atoms with Gasteiger partial charge in [-0.3, -0.25) is 14.2 Å². The minimum absolute atomic E-state index is 0.0687. The number of nitrogens with one attached hydrogen (secondary N) is 4. The third-order valence-corrected chi connectivity index (χ3v) is 13.3. The minimum atomic E-state index is -5.08. The lowest BCUT2D eigenvalue weighted by Crippen LogP contribution is -2.44. The van der Waals surface area contributed by atoms with Gasteiger partial charge in [-0.2, -0.15) is 39.5 Å². The van der Waals surface area contributed by atoms with E-state index in [0.717, 1.165) is 71.2 Å². The van der Waals surface area contributed by atoms with Gasteiger partial charge in [0.2, 0.25) is 5.91 Å². The van der Waals surface area contributed by atoms with Crippen molar-refractivity contribution in [1.82, 2.24) is 25.1 Å². The Kier molecular flexibility index (Phi) is 27.2. The highest BCUT2D eigenvalue weighted by molar-refractivity contribution is 7.51. The van der Waals surface area contributed by atoms with E-state index in [0.29, 0.717) is 62.3 Å². The zero-order valence-electron chi connectivity index (χ0n) is 45.5. The number of aromatic nitrogens is 2. The van der Waals surface area contributed by atoms with Crippen LogP contribution in [0.5, 0.6) is 11.5 Å². The molecule has 1 saturated heterocycles. The standard InChI is InChI=1S/C46H58Cl2N9O7P.3C2HF3O2/c1-54-24-26-56(27-25-54)36-9-15-40-42(31-36)53-46(51-40)34-6-14-39-41(30-34)52-45(50-39)33-4-10-37(11-5-33)63-28-3-21-57(44(59)16-29-65(60,61)62)20-2-19-49-43(58)32-64-38-12-7-35(8-13-38)55(22-17-47)23-18-48;3*3-2(4,5)1(6)7/h4-15,30-31,46,51,53H,2-3,16-29,32H2,1H3,(H,49,58)(H,50,52)(H2,60,61,62);3*(H,6,7). The molecular weight excluding hydrogens is 1230 g/mol. The number of carbonyl (C=O) groups excluding carboxylic acids is 2. The second kappa shape index (κ2) is 32.9. The Morgan fingerprint density at radius 3 is 1.79 bits per heavy atom. The molecule has 2 aliphatic heterocycles. The molecule has 5 aromatic rings. The minimum Gasteiger partial charge on any atom is -0.494 e. The summed E-state index contributed by atoms with van der Waals surface area (Å²) in [7, 11) is -2.19. The van der Waals surface area contributed by atoms with Crippen molar-refractivity contribution in [3.05, 3.63) is 90.5 Å². The molecule has 3 heterocycles. The van der Waals surface area contributed by atoms with Gasteiger partial charge in [-0.05, 0) is 104 Å². The Morgan fingerprint density at radius 1 is 0.709 bits per heavy atom. The fourth-order valence-electron chi connectivity index (χ4n) is 7.84. The summed E-state index contributed by atoms with van der Waals surface area (Å²) in [4.78, 5) is 87.7. The zero-order valence-corrected chi connectivity index (χ0v) is 47.9. The van der Waals surface area contributed by atoms with Crippen LogP contribution in [-0.4, -0.2) is 190 Å². The predicted molar refractivity (Wildman–Crippen MR) is 300 cm³/mol. The van der Waals surface area contributed by atoms with Crippen LogP contribution in [0.4, 0.5) is 62.3 Å². The van der Waals surface area contributed by atoms with Crippen molar-refractivity contribution >= 4 is 94.3 Å². The van der Waals surface area contributed by atoms with E-state index < -0.39 is 50.2 Å². The second-order valence-electron chi connectivity index (χ2n) is 18.6. The monoisotopic (exact) mass is 1290 g/mol. The fourth-order valence-corrected chi connectivity index (χ4v) is 8.73. The molecule has 7 rings (SSSR count). The molecule has 2 aliphatic rings. The van der Waals surface area contributed by atoms with Crippen molar-refractivity contribution in [1.29, 1.82) is 0 Å². The molecule has 474 valence electrons. The van der Waals surface area contributed by atoms with Crippen LogP contribution in [0.25, 0.3) is 22.4 Å². The number of aliphatic carboxylic acids is 3. The van der Waals surface area contributed by atoms with Crippen LogP contribution in [0.15, 0.2) is 84.9 Å². The molecule has 0 radical (unpaired) electrons. The van der Waals surface area contributed by atoms with Gasteiger partial charge in [0.15, 0.2) is 6.61 Å². The average molecular weight is 1290 g/mol. The van der Waals surface area contributed by atoms with Crippen molar-refractivity contribution in [2.24, 2.45) is 0 Å². The number of H-pyrrole nitrogens is 1. The summed E-state index contributed by atoms with van der Waals surface area (Å²) in [5.74, 6) is -6.08. The Labute approximate surface area is 495 Å². The van der Waals surface area contributed by atoms with Gasteiger partial charge in [-0.25, -0.2) is 19.4 Å². The Morgan fingerprint density at radius 2 is 1.24 bits per heavy atom. The molecular formula is C52H61Cl2F9N9O13P. The van der Waals surface area contributed by atoms with Crippen molar-refractivity contribution in [3.8, 4) is 22.9 Å². The van der Waals surface area contributed by atoms with E-state index >= 15 is 0 Å². The van der Waals surface area contributed by atoms with Crippen LogP contribution < -0.4 is 35.2 Å². The van der Waals surface area contributed by atoms with Gasteiger partial charge >= 0.3 is 44.0 Å². The maximum Gasteiger partial charge on any atom is 0.490 e. The molecule has 1 aromatic heterocycles. The normalized spacial score (nSPS) is 14.1. The predicted octanol–water partition coefficient (Wildman–Crippen LogP) is 8.45. The Balaban J connectivity index is 0.000000642. The second-order valence-corrected chi connectivity index (χ2v) is 21.1. The SMILES string of the molecule is CN1CCN(c2ccc3c(c2)NC(c2ccc4nc(-c5ccc(OCCCN(CCCNC(=O)COc6ccc(N(CCCl)CCCl)cc6)C(=O)CCP(=O)(O)O)cc5)[nH]c4c2)N3)CC1.O=C(O)C(F)(F)F.O=C(O)C(F)(F)F.O=C(O)C(F)(F)F. The molecule has 0 aliphatic carbocycles. The molecule has 86 heavy (non-hydrogen) atoms. The highest BCUT2D eigenvalue weighted by Crippen LogP contribution is 2.39. The van der Waals surface area contributed by atoms with E-state index in [1.54, 1.807) is 17.0 Å². The number of alkyl halides is 11. The highest BCUT2D eigenvalue weighted by Gasteiger charge is 2.39. The van der Waals surface area contributed by atoms with Crippen molar-refractivity contribution in [2.45, 2.75) is 44.0 Å². The largest absolute Gasteiger partial charge is 0.494 e. The molecule has 1 atom stereocenters. The van der Waals surface area contributed by atoms with E-state index in [1.807, 2.05) is 42.5 Å². The van der Waals surface area contributed by atoms with Gasteiger partial charge in [0.1, 0.15) is 23.5 Å². The van der Waals surface area contributed by atoms with Gasteiger partial charge in [0, 0.05) is 94.0 Å². The summed E-state index contributed by atoms with van der Waals surface area (Å²) in [6.07, 6.45) is -15.2. The number of carboxylic acid groups (broad SMARTS) is 3. The number of piperazine rings is 1. The summed E-state index contributed by atoms with van der Waals surface area (Å²) in [6, 6.07) is 27.8. The quantitative estimate of drug-likeness (QED) is 0.0128. The first kappa shape index (κ1) is 71.0. The summed E-state index contributed by atoms with van der Waals surface area (Å²) in [5.41, 5.74) is 8.15.